The molecule has 0 saturated carbocycles. The fraction of sp³-hybridized carbons (Fsp3) is 0.125. The van der Waals surface area contributed by atoms with E-state index in [1.54, 1.807) is 0 Å². The Morgan fingerprint density at radius 3 is 2.74 bits per heavy atom. The summed E-state index contributed by atoms with van der Waals surface area (Å²) in [6, 6.07) is 15.6. The smallest absolute Gasteiger partial charge is 0.231 e. The Hall–Kier alpha value is -2.42. The van der Waals surface area contributed by atoms with Gasteiger partial charge >= 0.3 is 0 Å². The molecule has 1 heterocycles. The molecule has 0 fully saturated rings. The maximum Gasteiger partial charge on any atom is 0.231 e. The van der Waals surface area contributed by atoms with Crippen molar-refractivity contribution in [3.8, 4) is 17.2 Å². The van der Waals surface area contributed by atoms with Gasteiger partial charge in [0.15, 0.2) is 11.5 Å². The third kappa shape index (κ3) is 2.88. The molecule has 0 bridgehead atoms. The first-order valence-electron chi connectivity index (χ1n) is 6.16. The predicted octanol–water partition coefficient (Wildman–Crippen LogP) is 3.51. The fourth-order valence-corrected chi connectivity index (χ4v) is 1.86. The van der Waals surface area contributed by atoms with Crippen LogP contribution >= 0.6 is 0 Å². The number of benzene rings is 2. The van der Waals surface area contributed by atoms with E-state index < -0.39 is 0 Å². The molecule has 0 amide bonds. The van der Waals surface area contributed by atoms with Crippen molar-refractivity contribution in [2.24, 2.45) is 0 Å². The van der Waals surface area contributed by atoms with Gasteiger partial charge in [0, 0.05) is 0 Å². The van der Waals surface area contributed by atoms with E-state index in [9.17, 15) is 0 Å². The molecule has 2 aromatic rings. The summed E-state index contributed by atoms with van der Waals surface area (Å²) < 4.78 is 16.2. The monoisotopic (exact) mass is 254 g/mol. The van der Waals surface area contributed by atoms with Crippen LogP contribution in [0.5, 0.6) is 17.2 Å². The van der Waals surface area contributed by atoms with Crippen molar-refractivity contribution in [3.63, 3.8) is 0 Å². The van der Waals surface area contributed by atoms with Crippen molar-refractivity contribution in [3.05, 3.63) is 60.2 Å². The van der Waals surface area contributed by atoms with Crippen LogP contribution in [-0.4, -0.2) is 13.4 Å². The van der Waals surface area contributed by atoms with Gasteiger partial charge in [-0.3, -0.25) is 0 Å². The molecule has 96 valence electrons. The third-order valence-corrected chi connectivity index (χ3v) is 2.80. The summed E-state index contributed by atoms with van der Waals surface area (Å²) in [5.74, 6) is 2.47. The molecule has 0 radical (unpaired) electrons. The van der Waals surface area contributed by atoms with Crippen molar-refractivity contribution in [1.29, 1.82) is 0 Å². The number of hydrogen-bond donors (Lipinski definition) is 0. The van der Waals surface area contributed by atoms with Crippen LogP contribution in [0.2, 0.25) is 0 Å². The van der Waals surface area contributed by atoms with E-state index in [4.69, 9.17) is 14.2 Å². The van der Waals surface area contributed by atoms with Gasteiger partial charge in [-0.2, -0.15) is 0 Å². The summed E-state index contributed by atoms with van der Waals surface area (Å²) in [6.07, 6.45) is 3.98. The van der Waals surface area contributed by atoms with Crippen LogP contribution in [0.15, 0.2) is 54.6 Å². The minimum Gasteiger partial charge on any atom is -0.490 e. The molecular formula is C16H14O3. The number of para-hydroxylation sites is 1. The maximum absolute atomic E-state index is 5.58. The van der Waals surface area contributed by atoms with Crippen LogP contribution in [0.3, 0.4) is 0 Å². The van der Waals surface area contributed by atoms with Gasteiger partial charge in [-0.05, 0) is 35.9 Å². The van der Waals surface area contributed by atoms with E-state index in [-0.39, 0.29) is 0 Å². The van der Waals surface area contributed by atoms with Gasteiger partial charge in [-0.15, -0.1) is 0 Å². The van der Waals surface area contributed by atoms with E-state index in [1.165, 1.54) is 0 Å². The van der Waals surface area contributed by atoms with E-state index in [0.29, 0.717) is 13.4 Å². The highest BCUT2D eigenvalue weighted by Gasteiger charge is 2.11. The van der Waals surface area contributed by atoms with Crippen molar-refractivity contribution in [2.45, 2.75) is 0 Å². The lowest BCUT2D eigenvalue weighted by molar-refractivity contribution is 0.174. The number of ether oxygens (including phenoxy) is 3. The Morgan fingerprint density at radius 2 is 1.84 bits per heavy atom. The normalized spacial score (nSPS) is 12.8. The molecule has 0 unspecified atom stereocenters. The largest absolute Gasteiger partial charge is 0.490 e. The van der Waals surface area contributed by atoms with Crippen LogP contribution in [-0.2, 0) is 0 Å². The summed E-state index contributed by atoms with van der Waals surface area (Å²) in [5, 5.41) is 0. The van der Waals surface area contributed by atoms with E-state index in [2.05, 4.69) is 0 Å². The highest BCUT2D eigenvalue weighted by Crippen LogP contribution is 2.32. The first-order valence-corrected chi connectivity index (χ1v) is 6.16. The highest BCUT2D eigenvalue weighted by atomic mass is 16.7. The predicted molar refractivity (Wildman–Crippen MR) is 73.5 cm³/mol. The Labute approximate surface area is 112 Å². The average molecular weight is 254 g/mol. The van der Waals surface area contributed by atoms with E-state index in [1.807, 2.05) is 60.7 Å². The minimum atomic E-state index is 0.305. The molecule has 1 aliphatic rings. The second-order valence-corrected chi connectivity index (χ2v) is 4.14. The summed E-state index contributed by atoms with van der Waals surface area (Å²) in [4.78, 5) is 0. The molecule has 19 heavy (non-hydrogen) atoms. The Bertz CT molecular complexity index is 576. The molecule has 0 aliphatic carbocycles. The number of rotatable bonds is 4. The Balaban J connectivity index is 1.58. The zero-order valence-corrected chi connectivity index (χ0v) is 10.4. The molecule has 0 aromatic heterocycles. The van der Waals surface area contributed by atoms with Crippen LogP contribution in [0, 0.1) is 0 Å². The first-order chi connectivity index (χ1) is 9.42. The molecule has 3 rings (SSSR count). The van der Waals surface area contributed by atoms with Gasteiger partial charge in [0.2, 0.25) is 6.79 Å². The van der Waals surface area contributed by atoms with Gasteiger partial charge in [-0.25, -0.2) is 0 Å². The summed E-state index contributed by atoms with van der Waals surface area (Å²) in [5.41, 5.74) is 1.07. The molecule has 0 spiro atoms. The van der Waals surface area contributed by atoms with Crippen LogP contribution < -0.4 is 14.2 Å². The lowest BCUT2D eigenvalue weighted by Gasteiger charge is -2.02. The van der Waals surface area contributed by atoms with Gasteiger partial charge < -0.3 is 14.2 Å². The Morgan fingerprint density at radius 1 is 1.00 bits per heavy atom. The molecule has 0 N–H and O–H groups in total. The molecule has 2 aromatic carbocycles. The lowest BCUT2D eigenvalue weighted by atomic mass is 10.2. The maximum atomic E-state index is 5.58. The zero-order valence-electron chi connectivity index (χ0n) is 10.4. The number of fused-ring (bicyclic) bond motifs is 1. The zero-order chi connectivity index (χ0) is 12.9. The average Bonchev–Trinajstić information content (AvgIpc) is 2.92. The molecular weight excluding hydrogens is 240 g/mol. The van der Waals surface area contributed by atoms with Crippen molar-refractivity contribution in [2.75, 3.05) is 13.4 Å². The van der Waals surface area contributed by atoms with E-state index >= 15 is 0 Å². The second-order valence-electron chi connectivity index (χ2n) is 4.14. The lowest BCUT2D eigenvalue weighted by Crippen LogP contribution is -1.93. The van der Waals surface area contributed by atoms with Gasteiger partial charge in [-0.1, -0.05) is 30.3 Å². The van der Waals surface area contributed by atoms with Crippen LogP contribution in [0.4, 0.5) is 0 Å². The van der Waals surface area contributed by atoms with Gasteiger partial charge in [0.1, 0.15) is 12.4 Å². The third-order valence-electron chi connectivity index (χ3n) is 2.80. The van der Waals surface area contributed by atoms with Gasteiger partial charge in [0.05, 0.1) is 0 Å². The summed E-state index contributed by atoms with van der Waals surface area (Å²) in [7, 11) is 0. The number of hydrogen-bond acceptors (Lipinski definition) is 3. The fourth-order valence-electron chi connectivity index (χ4n) is 1.86. The Kier molecular flexibility index (Phi) is 3.36. The van der Waals surface area contributed by atoms with E-state index in [0.717, 1.165) is 22.8 Å². The quantitative estimate of drug-likeness (QED) is 0.835. The van der Waals surface area contributed by atoms with Crippen molar-refractivity contribution >= 4 is 6.08 Å². The minimum absolute atomic E-state index is 0.305. The molecule has 0 saturated heterocycles. The van der Waals surface area contributed by atoms with Crippen molar-refractivity contribution < 1.29 is 14.2 Å². The topological polar surface area (TPSA) is 27.7 Å². The molecule has 1 aliphatic heterocycles. The van der Waals surface area contributed by atoms with Crippen LogP contribution in [0.1, 0.15) is 5.56 Å². The standard InChI is InChI=1S/C16H14O3/c1-2-6-14(7-3-1)17-10-4-5-13-8-9-15-16(11-13)19-12-18-15/h1-9,11H,10,12H2/b5-4+. The summed E-state index contributed by atoms with van der Waals surface area (Å²) >= 11 is 0. The SMILES string of the molecule is C(=C\c1ccc2c(c1)OCO2)/COc1ccccc1. The molecule has 3 heteroatoms. The van der Waals surface area contributed by atoms with Crippen molar-refractivity contribution in [1.82, 2.24) is 0 Å². The highest BCUT2D eigenvalue weighted by molar-refractivity contribution is 5.56. The van der Waals surface area contributed by atoms with Crippen LogP contribution in [0.25, 0.3) is 6.08 Å². The second kappa shape index (κ2) is 5.48. The molecule has 0 atom stereocenters. The molecule has 3 nitrogen and oxygen atoms in total. The van der Waals surface area contributed by atoms with Gasteiger partial charge in [0.25, 0.3) is 0 Å². The first kappa shape index (κ1) is 11.7. The summed E-state index contributed by atoms with van der Waals surface area (Å²) in [6.45, 7) is 0.845.